The van der Waals surface area contributed by atoms with Crippen LogP contribution in [0.1, 0.15) is 0 Å². The van der Waals surface area contributed by atoms with Crippen molar-refractivity contribution in [2.75, 3.05) is 0 Å². The van der Waals surface area contributed by atoms with Gasteiger partial charge in [-0.25, -0.2) is 0 Å². The molecule has 0 aliphatic carbocycles. The summed E-state index contributed by atoms with van der Waals surface area (Å²) in [5, 5.41) is 0. The summed E-state index contributed by atoms with van der Waals surface area (Å²) in [6.45, 7) is 0. The van der Waals surface area contributed by atoms with Gasteiger partial charge in [-0.05, 0) is 11.8 Å². The molecule has 0 unspecified atom stereocenters. The Labute approximate surface area is 86.4 Å². The molecule has 0 aliphatic rings. The predicted octanol–water partition coefficient (Wildman–Crippen LogP) is -0.704. The van der Waals surface area contributed by atoms with Crippen LogP contribution in [0.4, 0.5) is 0 Å². The number of thiol groups is 1. The SMILES string of the molecule is O.OP(O)(=S)S.[Mo].[Mo]. The van der Waals surface area contributed by atoms with E-state index in [1.54, 1.807) is 0 Å². The molecule has 0 fully saturated rings. The Hall–Kier alpha value is 2.26. The van der Waals surface area contributed by atoms with Crippen LogP contribution in [-0.4, -0.2) is 15.3 Å². The maximum absolute atomic E-state index is 7.87. The van der Waals surface area contributed by atoms with Gasteiger partial charge in [-0.3, -0.25) is 0 Å². The second kappa shape index (κ2) is 9.26. The Bertz CT molecular complexity index is 61.4. The quantitative estimate of drug-likeness (QED) is 0.310. The van der Waals surface area contributed by atoms with E-state index in [4.69, 9.17) is 9.79 Å². The van der Waals surface area contributed by atoms with E-state index in [0.29, 0.717) is 0 Å². The minimum Gasteiger partial charge on any atom is -0.412 e. The molecular weight excluding hydrogens is 335 g/mol. The van der Waals surface area contributed by atoms with Crippen molar-refractivity contribution >= 4 is 29.7 Å². The standard InChI is InChI=1S/2Mo.H3O2PS2.H2O/c;;1-3(2,4)5;/h;;(H3,1,2,4,5);1H2. The molecule has 0 aromatic heterocycles. The van der Waals surface area contributed by atoms with Crippen LogP contribution in [0.2, 0.25) is 0 Å². The summed E-state index contributed by atoms with van der Waals surface area (Å²) in [6, 6.07) is 0. The van der Waals surface area contributed by atoms with E-state index in [1.807, 2.05) is 0 Å². The third-order valence-corrected chi connectivity index (χ3v) is 0. The Balaban J connectivity index is -0.0000000267. The summed E-state index contributed by atoms with van der Waals surface area (Å²) in [5.74, 6) is 0. The van der Waals surface area contributed by atoms with E-state index in [0.717, 1.165) is 0 Å². The molecule has 0 bridgehead atoms. The van der Waals surface area contributed by atoms with Crippen LogP contribution >= 0.6 is 17.9 Å². The van der Waals surface area contributed by atoms with E-state index >= 15 is 0 Å². The van der Waals surface area contributed by atoms with Crippen LogP contribution in [0, 0.1) is 0 Å². The summed E-state index contributed by atoms with van der Waals surface area (Å²) >= 11 is 7.07. The van der Waals surface area contributed by atoms with Crippen LogP contribution in [0.15, 0.2) is 0 Å². The van der Waals surface area contributed by atoms with Crippen molar-refractivity contribution in [3.05, 3.63) is 0 Å². The van der Waals surface area contributed by atoms with Gasteiger partial charge >= 0.3 is 0 Å². The Kier molecular flexibility index (Phi) is 26.0. The first-order valence-electron chi connectivity index (χ1n) is 0.783. The van der Waals surface area contributed by atoms with E-state index in [2.05, 4.69) is 24.1 Å². The van der Waals surface area contributed by atoms with Crippen LogP contribution < -0.4 is 0 Å². The number of hydrogen-bond donors (Lipinski definition) is 3. The molecule has 0 aliphatic heterocycles. The Morgan fingerprint density at radius 3 is 1.25 bits per heavy atom. The molecule has 3 nitrogen and oxygen atoms in total. The molecular formula is H5Mo2O3PS2. The van der Waals surface area contributed by atoms with E-state index in [-0.39, 0.29) is 47.6 Å². The van der Waals surface area contributed by atoms with Crippen LogP contribution in [0.25, 0.3) is 0 Å². The largest absolute Gasteiger partial charge is 0.412 e. The average molecular weight is 340 g/mol. The van der Waals surface area contributed by atoms with Gasteiger partial charge in [-0.15, -0.1) is 0 Å². The van der Waals surface area contributed by atoms with Gasteiger partial charge in [0, 0.05) is 42.1 Å². The zero-order chi connectivity index (χ0) is 4.50. The summed E-state index contributed by atoms with van der Waals surface area (Å²) in [4.78, 5) is 15.7. The monoisotopic (exact) mass is 344 g/mol. The van der Waals surface area contributed by atoms with Crippen LogP contribution in [-0.2, 0) is 53.9 Å². The second-order valence-corrected chi connectivity index (χ2v) is 5.55. The molecule has 0 amide bonds. The Morgan fingerprint density at radius 1 is 1.25 bits per heavy atom. The maximum atomic E-state index is 7.87. The fourth-order valence-electron chi connectivity index (χ4n) is 0. The molecule has 8 heavy (non-hydrogen) atoms. The minimum atomic E-state index is -3.11. The third-order valence-electron chi connectivity index (χ3n) is 0. The van der Waals surface area contributed by atoms with Gasteiger partial charge in [0.2, 0.25) is 5.69 Å². The first-order chi connectivity index (χ1) is 2.00. The summed E-state index contributed by atoms with van der Waals surface area (Å²) in [7, 11) is 0. The molecule has 0 aromatic carbocycles. The van der Waals surface area contributed by atoms with Crippen molar-refractivity contribution in [3.8, 4) is 0 Å². The van der Waals surface area contributed by atoms with Crippen molar-refractivity contribution in [2.24, 2.45) is 0 Å². The van der Waals surface area contributed by atoms with Gasteiger partial charge < -0.3 is 15.3 Å². The van der Waals surface area contributed by atoms with Gasteiger partial charge in [0.15, 0.2) is 0 Å². The van der Waals surface area contributed by atoms with Crippen molar-refractivity contribution in [2.45, 2.75) is 0 Å². The fourth-order valence-corrected chi connectivity index (χ4v) is 0. The molecule has 0 spiro atoms. The molecule has 0 heterocycles. The smallest absolute Gasteiger partial charge is 0.239 e. The summed E-state index contributed by atoms with van der Waals surface area (Å²) < 4.78 is 0. The molecule has 0 rings (SSSR count). The molecule has 0 aromatic rings. The zero-order valence-corrected chi connectivity index (χ0v) is 10.1. The molecule has 0 radical (unpaired) electrons. The van der Waals surface area contributed by atoms with Crippen LogP contribution in [0.5, 0.6) is 0 Å². The predicted molar refractivity (Wildman–Crippen MR) is 31.3 cm³/mol. The molecule has 0 atom stereocenters. The van der Waals surface area contributed by atoms with E-state index < -0.39 is 5.69 Å². The molecule has 4 N–H and O–H groups in total. The zero-order valence-electron chi connectivity index (χ0n) is 3.51. The van der Waals surface area contributed by atoms with Crippen molar-refractivity contribution in [3.63, 3.8) is 0 Å². The van der Waals surface area contributed by atoms with Gasteiger partial charge in [0.1, 0.15) is 0 Å². The van der Waals surface area contributed by atoms with Gasteiger partial charge in [0.05, 0.1) is 0 Å². The summed E-state index contributed by atoms with van der Waals surface area (Å²) in [6.07, 6.45) is 0. The van der Waals surface area contributed by atoms with Gasteiger partial charge in [-0.1, -0.05) is 12.2 Å². The van der Waals surface area contributed by atoms with Crippen LogP contribution in [0.3, 0.4) is 0 Å². The van der Waals surface area contributed by atoms with Gasteiger partial charge in [-0.2, -0.15) is 0 Å². The first kappa shape index (κ1) is 22.5. The normalized spacial score (nSPS) is 7.38. The van der Waals surface area contributed by atoms with Crippen molar-refractivity contribution in [1.82, 2.24) is 0 Å². The maximum Gasteiger partial charge on any atom is 0.239 e. The topological polar surface area (TPSA) is 72.0 Å². The minimum absolute atomic E-state index is 0. The second-order valence-electron chi connectivity index (χ2n) is 0.513. The van der Waals surface area contributed by atoms with E-state index in [9.17, 15) is 0 Å². The third kappa shape index (κ3) is 85.4. The molecule has 0 saturated carbocycles. The fraction of sp³-hybridized carbons (Fsp3) is 0. The van der Waals surface area contributed by atoms with Gasteiger partial charge in [0.25, 0.3) is 0 Å². The molecule has 0 saturated heterocycles. The van der Waals surface area contributed by atoms with Crippen molar-refractivity contribution < 1.29 is 57.4 Å². The van der Waals surface area contributed by atoms with Crippen molar-refractivity contribution in [1.29, 1.82) is 0 Å². The molecule has 52 valence electrons. The summed E-state index contributed by atoms with van der Waals surface area (Å²) in [5.41, 5.74) is -3.11. The number of rotatable bonds is 0. The Morgan fingerprint density at radius 2 is 1.25 bits per heavy atom. The van der Waals surface area contributed by atoms with E-state index in [1.165, 1.54) is 0 Å². The molecule has 8 heteroatoms. The first-order valence-corrected chi connectivity index (χ1v) is 4.64. The number of hydrogen-bond acceptors (Lipinski definition) is 1. The average Bonchev–Trinajstić information content (AvgIpc) is 0.722.